The lowest BCUT2D eigenvalue weighted by Gasteiger charge is -2.25. The van der Waals surface area contributed by atoms with Crippen LogP contribution < -0.4 is 5.73 Å². The lowest BCUT2D eigenvalue weighted by atomic mass is 10.0. The van der Waals surface area contributed by atoms with Crippen LogP contribution in [0.3, 0.4) is 0 Å². The molecule has 120 valence electrons. The molecule has 1 saturated heterocycles. The van der Waals surface area contributed by atoms with Crippen LogP contribution >= 0.6 is 11.8 Å². The number of hydrogen-bond donors (Lipinski definition) is 1. The summed E-state index contributed by atoms with van der Waals surface area (Å²) in [5.41, 5.74) is 6.75. The molecule has 0 saturated carbocycles. The molecule has 2 amide bonds. The zero-order valence-electron chi connectivity index (χ0n) is 13.0. The van der Waals surface area contributed by atoms with E-state index < -0.39 is 11.9 Å². The van der Waals surface area contributed by atoms with E-state index in [0.717, 1.165) is 18.6 Å². The largest absolute Gasteiger partial charge is 0.368 e. The summed E-state index contributed by atoms with van der Waals surface area (Å²) >= 11 is 1.65. The van der Waals surface area contributed by atoms with Crippen LogP contribution in [0.4, 0.5) is 0 Å². The van der Waals surface area contributed by atoms with Gasteiger partial charge in [0.25, 0.3) is 0 Å². The average molecular weight is 320 g/mol. The topological polar surface area (TPSA) is 63.4 Å². The van der Waals surface area contributed by atoms with Crippen LogP contribution in [0, 0.1) is 5.92 Å². The van der Waals surface area contributed by atoms with Gasteiger partial charge < -0.3 is 10.6 Å². The summed E-state index contributed by atoms with van der Waals surface area (Å²) in [7, 11) is 0. The van der Waals surface area contributed by atoms with Crippen molar-refractivity contribution >= 4 is 23.6 Å². The fourth-order valence-electron chi connectivity index (χ4n) is 2.90. The third-order valence-electron chi connectivity index (χ3n) is 4.03. The van der Waals surface area contributed by atoms with E-state index in [1.54, 1.807) is 16.7 Å². The van der Waals surface area contributed by atoms with E-state index in [1.165, 1.54) is 5.56 Å². The van der Waals surface area contributed by atoms with E-state index in [4.69, 9.17) is 5.73 Å². The number of benzene rings is 1. The van der Waals surface area contributed by atoms with Gasteiger partial charge in [0.15, 0.2) is 0 Å². The molecule has 1 heterocycles. The summed E-state index contributed by atoms with van der Waals surface area (Å²) in [5, 5.41) is 0. The Hall–Kier alpha value is -1.49. The number of hydrogen-bond acceptors (Lipinski definition) is 3. The fraction of sp³-hybridized carbons (Fsp3) is 0.529. The molecule has 5 heteroatoms. The van der Waals surface area contributed by atoms with Crippen molar-refractivity contribution in [2.45, 2.75) is 38.0 Å². The second kappa shape index (κ2) is 8.22. The molecular formula is C17H24N2O2S. The number of carbonyl (C=O) groups is 2. The second-order valence-corrected chi connectivity index (χ2v) is 6.85. The zero-order valence-corrected chi connectivity index (χ0v) is 13.8. The Morgan fingerprint density at radius 3 is 2.77 bits per heavy atom. The normalized spacial score (nSPS) is 19.4. The molecule has 0 bridgehead atoms. The molecule has 1 aromatic rings. The highest BCUT2D eigenvalue weighted by molar-refractivity contribution is 7.98. The predicted molar refractivity (Wildman–Crippen MR) is 90.3 cm³/mol. The average Bonchev–Trinajstić information content (AvgIpc) is 2.85. The monoisotopic (exact) mass is 320 g/mol. The number of nitrogens with two attached hydrogens (primary N) is 1. The molecule has 0 radical (unpaired) electrons. The van der Waals surface area contributed by atoms with Gasteiger partial charge >= 0.3 is 0 Å². The Morgan fingerprint density at radius 2 is 2.14 bits per heavy atom. The summed E-state index contributed by atoms with van der Waals surface area (Å²) in [6.07, 6.45) is 2.65. The Kier molecular flexibility index (Phi) is 6.31. The molecule has 4 nitrogen and oxygen atoms in total. The highest BCUT2D eigenvalue weighted by atomic mass is 32.2. The van der Waals surface area contributed by atoms with Gasteiger partial charge in [-0.1, -0.05) is 43.7 Å². The number of nitrogens with zero attached hydrogens (tertiary/aromatic N) is 1. The number of likely N-dealkylation sites (tertiary alicyclic amines) is 1. The smallest absolute Gasteiger partial charge is 0.241 e. The first kappa shape index (κ1) is 16.9. The molecule has 0 aromatic heterocycles. The first-order valence-corrected chi connectivity index (χ1v) is 8.97. The van der Waals surface area contributed by atoms with E-state index >= 15 is 0 Å². The van der Waals surface area contributed by atoms with Crippen molar-refractivity contribution in [3.05, 3.63) is 35.9 Å². The van der Waals surface area contributed by atoms with Crippen molar-refractivity contribution in [3.63, 3.8) is 0 Å². The molecule has 22 heavy (non-hydrogen) atoms. The van der Waals surface area contributed by atoms with Crippen molar-refractivity contribution in [3.8, 4) is 0 Å². The molecular weight excluding hydrogens is 296 g/mol. The van der Waals surface area contributed by atoms with Gasteiger partial charge in [0, 0.05) is 24.5 Å². The van der Waals surface area contributed by atoms with Gasteiger partial charge in [-0.25, -0.2) is 0 Å². The zero-order chi connectivity index (χ0) is 15.9. The van der Waals surface area contributed by atoms with Gasteiger partial charge in [-0.05, 0) is 17.9 Å². The van der Waals surface area contributed by atoms with Crippen molar-refractivity contribution in [2.24, 2.45) is 11.7 Å². The molecule has 0 spiro atoms. The Morgan fingerprint density at radius 1 is 1.41 bits per heavy atom. The van der Waals surface area contributed by atoms with E-state index in [0.29, 0.717) is 24.6 Å². The van der Waals surface area contributed by atoms with E-state index in [-0.39, 0.29) is 5.91 Å². The molecule has 1 aromatic carbocycles. The minimum atomic E-state index is -0.483. The third-order valence-corrected chi connectivity index (χ3v) is 5.12. The summed E-state index contributed by atoms with van der Waals surface area (Å²) in [4.78, 5) is 25.6. The quantitative estimate of drug-likeness (QED) is 0.800. The third kappa shape index (κ3) is 4.50. The van der Waals surface area contributed by atoms with Crippen molar-refractivity contribution in [1.82, 2.24) is 4.90 Å². The van der Waals surface area contributed by atoms with Gasteiger partial charge in [-0.2, -0.15) is 11.8 Å². The molecule has 1 aliphatic heterocycles. The number of amides is 2. The number of rotatable bonds is 8. The molecule has 1 aliphatic rings. The summed E-state index contributed by atoms with van der Waals surface area (Å²) < 4.78 is 0. The standard InChI is InChI=1S/C17H24N2O2S/c1-2-6-14-9-16(20)19(10-14)15(17(18)21)12-22-11-13-7-4-3-5-8-13/h3-5,7-8,14-15H,2,6,9-12H2,1H3,(H2,18,21). The van der Waals surface area contributed by atoms with Crippen molar-refractivity contribution < 1.29 is 9.59 Å². The molecule has 0 aliphatic carbocycles. The van der Waals surface area contributed by atoms with Crippen LogP contribution in [0.5, 0.6) is 0 Å². The van der Waals surface area contributed by atoms with Crippen LogP contribution in [-0.4, -0.2) is 35.1 Å². The molecule has 1 fully saturated rings. The summed E-state index contributed by atoms with van der Waals surface area (Å²) in [5.74, 6) is 1.44. The first-order valence-electron chi connectivity index (χ1n) is 7.82. The maximum Gasteiger partial charge on any atom is 0.241 e. The predicted octanol–water partition coefficient (Wildman–Crippen LogP) is 2.42. The van der Waals surface area contributed by atoms with E-state index in [9.17, 15) is 9.59 Å². The van der Waals surface area contributed by atoms with Crippen LogP contribution in [0.1, 0.15) is 31.7 Å². The highest BCUT2D eigenvalue weighted by Gasteiger charge is 2.36. The van der Waals surface area contributed by atoms with Gasteiger partial charge in [0.2, 0.25) is 11.8 Å². The van der Waals surface area contributed by atoms with Crippen molar-refractivity contribution in [2.75, 3.05) is 12.3 Å². The van der Waals surface area contributed by atoms with Crippen LogP contribution in [-0.2, 0) is 15.3 Å². The number of carbonyl (C=O) groups excluding carboxylic acids is 2. The van der Waals surface area contributed by atoms with Gasteiger partial charge in [0.05, 0.1) is 0 Å². The van der Waals surface area contributed by atoms with Gasteiger partial charge in [-0.15, -0.1) is 0 Å². The number of thioether (sulfide) groups is 1. The Balaban J connectivity index is 1.90. The Labute approximate surface area is 136 Å². The van der Waals surface area contributed by atoms with E-state index in [1.807, 2.05) is 18.2 Å². The molecule has 2 rings (SSSR count). The SMILES string of the molecule is CCCC1CC(=O)N(C(CSCc2ccccc2)C(N)=O)C1. The fourth-order valence-corrected chi connectivity index (χ4v) is 4.01. The van der Waals surface area contributed by atoms with Gasteiger partial charge in [-0.3, -0.25) is 9.59 Å². The first-order chi connectivity index (χ1) is 10.6. The maximum absolute atomic E-state index is 12.1. The Bertz CT molecular complexity index is 507. The molecule has 2 unspecified atom stereocenters. The summed E-state index contributed by atoms with van der Waals surface area (Å²) in [6.45, 7) is 2.79. The highest BCUT2D eigenvalue weighted by Crippen LogP contribution is 2.26. The lowest BCUT2D eigenvalue weighted by Crippen LogP contribution is -2.47. The number of primary amides is 1. The van der Waals surface area contributed by atoms with Crippen LogP contribution in [0.2, 0.25) is 0 Å². The maximum atomic E-state index is 12.1. The van der Waals surface area contributed by atoms with E-state index in [2.05, 4.69) is 19.1 Å². The van der Waals surface area contributed by atoms with Crippen molar-refractivity contribution in [1.29, 1.82) is 0 Å². The van der Waals surface area contributed by atoms with Crippen LogP contribution in [0.15, 0.2) is 30.3 Å². The molecule has 2 N–H and O–H groups in total. The van der Waals surface area contributed by atoms with Crippen LogP contribution in [0.25, 0.3) is 0 Å². The molecule has 2 atom stereocenters. The summed E-state index contributed by atoms with van der Waals surface area (Å²) in [6, 6.07) is 9.62. The second-order valence-electron chi connectivity index (χ2n) is 5.82. The minimum Gasteiger partial charge on any atom is -0.368 e. The van der Waals surface area contributed by atoms with Gasteiger partial charge in [0.1, 0.15) is 6.04 Å². The lowest BCUT2D eigenvalue weighted by molar-refractivity contribution is -0.135. The minimum absolute atomic E-state index is 0.0718.